The van der Waals surface area contributed by atoms with Crippen LogP contribution in [0.2, 0.25) is 5.02 Å². The highest BCUT2D eigenvalue weighted by Crippen LogP contribution is 2.26. The predicted octanol–water partition coefficient (Wildman–Crippen LogP) is 3.53. The van der Waals surface area contributed by atoms with Crippen molar-refractivity contribution in [2.24, 2.45) is 0 Å². The normalized spacial score (nSPS) is 21.2. The van der Waals surface area contributed by atoms with Crippen LogP contribution in [0.3, 0.4) is 0 Å². The van der Waals surface area contributed by atoms with Gasteiger partial charge in [-0.1, -0.05) is 11.6 Å². The Balaban J connectivity index is 0.00000256. The number of fused-ring (bicyclic) bond motifs is 1. The van der Waals surface area contributed by atoms with E-state index in [1.807, 2.05) is 6.07 Å². The Hall–Kier alpha value is -1.93. The molecule has 2 atom stereocenters. The van der Waals surface area contributed by atoms with Gasteiger partial charge in [0.05, 0.1) is 30.4 Å². The molecule has 7 nitrogen and oxygen atoms in total. The maximum atomic E-state index is 13.2. The van der Waals surface area contributed by atoms with Crippen LogP contribution in [0.5, 0.6) is 0 Å². The molecule has 1 fully saturated rings. The Labute approximate surface area is 187 Å². The van der Waals surface area contributed by atoms with E-state index in [2.05, 4.69) is 29.0 Å². The van der Waals surface area contributed by atoms with E-state index in [1.165, 1.54) is 6.20 Å². The SMILES string of the molecule is C[C@@H]1CN(c2cc(C(=O)Nc3ccc(Cl)cn3)c3c(n2)CCOCC3)C[C@H](C)O1.Cl. The molecule has 0 aliphatic carbocycles. The van der Waals surface area contributed by atoms with Gasteiger partial charge in [0.1, 0.15) is 11.6 Å². The van der Waals surface area contributed by atoms with Gasteiger partial charge in [-0.05, 0) is 44.0 Å². The van der Waals surface area contributed by atoms with Crippen LogP contribution >= 0.6 is 24.0 Å². The first-order chi connectivity index (χ1) is 14.0. The zero-order chi connectivity index (χ0) is 20.4. The van der Waals surface area contributed by atoms with Gasteiger partial charge >= 0.3 is 0 Å². The summed E-state index contributed by atoms with van der Waals surface area (Å²) in [5.41, 5.74) is 2.51. The highest BCUT2D eigenvalue weighted by atomic mass is 35.5. The minimum absolute atomic E-state index is 0. The predicted molar refractivity (Wildman–Crippen MR) is 119 cm³/mol. The van der Waals surface area contributed by atoms with Crippen molar-refractivity contribution in [3.05, 3.63) is 46.2 Å². The molecule has 2 aromatic rings. The lowest BCUT2D eigenvalue weighted by Crippen LogP contribution is -2.46. The summed E-state index contributed by atoms with van der Waals surface area (Å²) in [6.45, 7) is 6.79. The fourth-order valence-corrected chi connectivity index (χ4v) is 4.02. The highest BCUT2D eigenvalue weighted by molar-refractivity contribution is 6.30. The molecule has 30 heavy (non-hydrogen) atoms. The van der Waals surface area contributed by atoms with Gasteiger partial charge < -0.3 is 19.7 Å². The number of nitrogens with one attached hydrogen (secondary N) is 1. The molecule has 4 rings (SSSR count). The third kappa shape index (κ3) is 5.21. The minimum Gasteiger partial charge on any atom is -0.381 e. The van der Waals surface area contributed by atoms with E-state index in [4.69, 9.17) is 26.1 Å². The van der Waals surface area contributed by atoms with Crippen molar-refractivity contribution in [2.75, 3.05) is 36.5 Å². The molecule has 0 unspecified atom stereocenters. The van der Waals surface area contributed by atoms with Crippen molar-refractivity contribution in [2.45, 2.75) is 38.9 Å². The van der Waals surface area contributed by atoms with E-state index in [9.17, 15) is 4.79 Å². The zero-order valence-electron chi connectivity index (χ0n) is 17.1. The Kier molecular flexibility index (Phi) is 7.52. The first-order valence-electron chi connectivity index (χ1n) is 9.93. The Bertz CT molecular complexity index is 885. The van der Waals surface area contributed by atoms with Gasteiger partial charge in [-0.15, -0.1) is 12.4 Å². The summed E-state index contributed by atoms with van der Waals surface area (Å²) in [5, 5.41) is 3.41. The molecular formula is C21H26Cl2N4O3. The number of pyridine rings is 2. The minimum atomic E-state index is -0.198. The van der Waals surface area contributed by atoms with Gasteiger partial charge in [0.2, 0.25) is 0 Å². The van der Waals surface area contributed by atoms with Crippen molar-refractivity contribution in [1.82, 2.24) is 9.97 Å². The number of morpholine rings is 1. The lowest BCUT2D eigenvalue weighted by Gasteiger charge is -2.36. The van der Waals surface area contributed by atoms with Crippen LogP contribution in [0.15, 0.2) is 24.4 Å². The number of ether oxygens (including phenoxy) is 2. The fraction of sp³-hybridized carbons (Fsp3) is 0.476. The number of carbonyl (C=O) groups is 1. The molecule has 4 heterocycles. The standard InChI is InChI=1S/C21H25ClN4O3.ClH/c1-13-11-26(12-14(2)29-13)20-9-17(16-5-7-28-8-6-18(16)24-20)21(27)25-19-4-3-15(22)10-23-19;/h3-4,9-10,13-14H,5-8,11-12H2,1-2H3,(H,23,25,27);1H/t13-,14+;. The number of halogens is 2. The van der Waals surface area contributed by atoms with Crippen molar-refractivity contribution in [1.29, 1.82) is 0 Å². The summed E-state index contributed by atoms with van der Waals surface area (Å²) >= 11 is 5.90. The van der Waals surface area contributed by atoms with Gasteiger partial charge in [-0.2, -0.15) is 0 Å². The van der Waals surface area contributed by atoms with Gasteiger partial charge in [-0.3, -0.25) is 4.79 Å². The van der Waals surface area contributed by atoms with E-state index in [1.54, 1.807) is 12.1 Å². The number of carbonyl (C=O) groups excluding carboxylic acids is 1. The highest BCUT2D eigenvalue weighted by Gasteiger charge is 2.27. The molecule has 0 spiro atoms. The van der Waals surface area contributed by atoms with Gasteiger partial charge in [0, 0.05) is 37.0 Å². The third-order valence-electron chi connectivity index (χ3n) is 5.13. The Morgan fingerprint density at radius 2 is 1.93 bits per heavy atom. The molecule has 1 amide bonds. The topological polar surface area (TPSA) is 76.6 Å². The van der Waals surface area contributed by atoms with Crippen LogP contribution in [-0.4, -0.2) is 54.4 Å². The van der Waals surface area contributed by atoms with Gasteiger partial charge in [0.25, 0.3) is 5.91 Å². The fourth-order valence-electron chi connectivity index (χ4n) is 3.90. The number of rotatable bonds is 3. The molecule has 2 aromatic heterocycles. The molecule has 2 aliphatic heterocycles. The summed E-state index contributed by atoms with van der Waals surface area (Å²) in [5.74, 6) is 1.07. The molecule has 162 valence electrons. The van der Waals surface area contributed by atoms with E-state index < -0.39 is 0 Å². The van der Waals surface area contributed by atoms with Crippen LogP contribution in [0.25, 0.3) is 0 Å². The second-order valence-corrected chi connectivity index (χ2v) is 7.98. The third-order valence-corrected chi connectivity index (χ3v) is 5.36. The number of amides is 1. The van der Waals surface area contributed by atoms with Crippen molar-refractivity contribution < 1.29 is 14.3 Å². The summed E-state index contributed by atoms with van der Waals surface area (Å²) < 4.78 is 11.5. The van der Waals surface area contributed by atoms with Crippen LogP contribution in [0.4, 0.5) is 11.6 Å². The number of anilines is 2. The molecular weight excluding hydrogens is 427 g/mol. The van der Waals surface area contributed by atoms with Crippen molar-refractivity contribution >= 4 is 41.6 Å². The van der Waals surface area contributed by atoms with Gasteiger partial charge in [0.15, 0.2) is 0 Å². The Morgan fingerprint density at radius 1 is 1.20 bits per heavy atom. The molecule has 0 saturated carbocycles. The molecule has 2 aliphatic rings. The van der Waals surface area contributed by atoms with E-state index in [0.29, 0.717) is 42.5 Å². The summed E-state index contributed by atoms with van der Waals surface area (Å²) in [6, 6.07) is 5.28. The molecule has 0 radical (unpaired) electrons. The first-order valence-corrected chi connectivity index (χ1v) is 10.3. The quantitative estimate of drug-likeness (QED) is 0.767. The van der Waals surface area contributed by atoms with Crippen molar-refractivity contribution in [3.8, 4) is 0 Å². The molecule has 1 saturated heterocycles. The first kappa shape index (κ1) is 22.7. The lowest BCUT2D eigenvalue weighted by atomic mass is 10.0. The largest absolute Gasteiger partial charge is 0.381 e. The average Bonchev–Trinajstić information content (AvgIpc) is 2.93. The number of nitrogens with zero attached hydrogens (tertiary/aromatic N) is 3. The van der Waals surface area contributed by atoms with E-state index in [0.717, 1.165) is 30.2 Å². The molecule has 0 bridgehead atoms. The number of hydrogen-bond donors (Lipinski definition) is 1. The summed E-state index contributed by atoms with van der Waals surface area (Å²) in [7, 11) is 0. The van der Waals surface area contributed by atoms with Crippen LogP contribution < -0.4 is 10.2 Å². The van der Waals surface area contributed by atoms with Gasteiger partial charge in [-0.25, -0.2) is 9.97 Å². The van der Waals surface area contributed by atoms with Crippen LogP contribution in [0.1, 0.15) is 35.5 Å². The second kappa shape index (κ2) is 9.92. The maximum Gasteiger partial charge on any atom is 0.257 e. The number of hydrogen-bond acceptors (Lipinski definition) is 6. The monoisotopic (exact) mass is 452 g/mol. The Morgan fingerprint density at radius 3 is 2.63 bits per heavy atom. The smallest absolute Gasteiger partial charge is 0.257 e. The second-order valence-electron chi connectivity index (χ2n) is 7.54. The molecule has 0 aromatic carbocycles. The number of aromatic nitrogens is 2. The summed E-state index contributed by atoms with van der Waals surface area (Å²) in [4.78, 5) is 24.4. The zero-order valence-corrected chi connectivity index (χ0v) is 18.6. The average molecular weight is 453 g/mol. The molecule has 1 N–H and O–H groups in total. The van der Waals surface area contributed by atoms with Crippen molar-refractivity contribution in [3.63, 3.8) is 0 Å². The maximum absolute atomic E-state index is 13.2. The summed E-state index contributed by atoms with van der Waals surface area (Å²) in [6.07, 6.45) is 3.09. The van der Waals surface area contributed by atoms with E-state index >= 15 is 0 Å². The molecule has 9 heteroatoms. The van der Waals surface area contributed by atoms with Crippen LogP contribution in [0, 0.1) is 0 Å². The van der Waals surface area contributed by atoms with E-state index in [-0.39, 0.29) is 30.5 Å². The van der Waals surface area contributed by atoms with Crippen LogP contribution in [-0.2, 0) is 22.3 Å². The lowest BCUT2D eigenvalue weighted by molar-refractivity contribution is -0.00547.